The van der Waals surface area contributed by atoms with Crippen molar-refractivity contribution in [2.75, 3.05) is 13.2 Å². The lowest BCUT2D eigenvalue weighted by molar-refractivity contribution is 0.0288. The van der Waals surface area contributed by atoms with E-state index in [2.05, 4.69) is 4.90 Å². The van der Waals surface area contributed by atoms with Crippen LogP contribution in [0.2, 0.25) is 0 Å². The van der Waals surface area contributed by atoms with Crippen molar-refractivity contribution in [2.24, 2.45) is 5.73 Å². The fourth-order valence-corrected chi connectivity index (χ4v) is 3.84. The number of hydrogen-bond donors (Lipinski definition) is 2. The molecule has 2 atom stereocenters. The maximum atomic E-state index is 9.82. The van der Waals surface area contributed by atoms with Gasteiger partial charge in [0.15, 0.2) is 0 Å². The summed E-state index contributed by atoms with van der Waals surface area (Å²) in [5.41, 5.74) is 6.51. The molecule has 2 heterocycles. The zero-order chi connectivity index (χ0) is 14.8. The molecule has 0 aliphatic carbocycles. The number of hydrogen-bond acceptors (Lipinski definition) is 4. The molecule has 0 radical (unpaired) electrons. The molecule has 0 spiro atoms. The molecule has 1 aromatic rings. The average Bonchev–Trinajstić information content (AvgIpc) is 2.70. The SMILES string of the molecule is NC(=S)c1ccccc1OCCN1C2CCC1CC(O)C2. The minimum atomic E-state index is -0.116. The summed E-state index contributed by atoms with van der Waals surface area (Å²) in [5.74, 6) is 0.759. The Labute approximate surface area is 130 Å². The van der Waals surface area contributed by atoms with Crippen molar-refractivity contribution in [3.05, 3.63) is 29.8 Å². The second kappa shape index (κ2) is 6.30. The lowest BCUT2D eigenvalue weighted by atomic mass is 10.0. The van der Waals surface area contributed by atoms with Crippen molar-refractivity contribution in [3.8, 4) is 5.75 Å². The molecule has 114 valence electrons. The normalized spacial score (nSPS) is 28.5. The van der Waals surface area contributed by atoms with E-state index in [0.717, 1.165) is 30.7 Å². The van der Waals surface area contributed by atoms with Crippen LogP contribution in [0.25, 0.3) is 0 Å². The van der Waals surface area contributed by atoms with Crippen LogP contribution in [0.5, 0.6) is 5.75 Å². The first-order chi connectivity index (χ1) is 10.1. The van der Waals surface area contributed by atoms with Gasteiger partial charge in [0.25, 0.3) is 0 Å². The molecule has 3 rings (SSSR count). The van der Waals surface area contributed by atoms with Crippen molar-refractivity contribution in [2.45, 2.75) is 43.9 Å². The minimum Gasteiger partial charge on any atom is -0.492 e. The van der Waals surface area contributed by atoms with Gasteiger partial charge >= 0.3 is 0 Å². The summed E-state index contributed by atoms with van der Waals surface area (Å²) in [7, 11) is 0. The van der Waals surface area contributed by atoms with Crippen LogP contribution in [0.4, 0.5) is 0 Å². The molecule has 2 fully saturated rings. The molecular weight excluding hydrogens is 284 g/mol. The fraction of sp³-hybridized carbons (Fsp3) is 0.562. The number of para-hydroxylation sites is 1. The fourth-order valence-electron chi connectivity index (χ4n) is 3.67. The van der Waals surface area contributed by atoms with Crippen molar-refractivity contribution >= 4 is 17.2 Å². The van der Waals surface area contributed by atoms with E-state index in [9.17, 15) is 5.11 Å². The van der Waals surface area contributed by atoms with Gasteiger partial charge in [-0.25, -0.2) is 0 Å². The number of fused-ring (bicyclic) bond motifs is 2. The van der Waals surface area contributed by atoms with Crippen LogP contribution in [0.1, 0.15) is 31.2 Å². The van der Waals surface area contributed by atoms with E-state index < -0.39 is 0 Å². The Bertz CT molecular complexity index is 509. The van der Waals surface area contributed by atoms with E-state index >= 15 is 0 Å². The first-order valence-corrected chi connectivity index (χ1v) is 8.01. The molecule has 2 unspecified atom stereocenters. The summed E-state index contributed by atoms with van der Waals surface area (Å²) in [4.78, 5) is 2.86. The number of benzene rings is 1. The van der Waals surface area contributed by atoms with E-state index in [1.54, 1.807) is 0 Å². The first-order valence-electron chi connectivity index (χ1n) is 7.60. The summed E-state index contributed by atoms with van der Waals surface area (Å²) in [6.07, 6.45) is 4.09. The van der Waals surface area contributed by atoms with E-state index in [0.29, 0.717) is 23.7 Å². The van der Waals surface area contributed by atoms with Crippen molar-refractivity contribution in [1.82, 2.24) is 4.90 Å². The smallest absolute Gasteiger partial charge is 0.129 e. The van der Waals surface area contributed by atoms with Gasteiger partial charge in [0, 0.05) is 18.6 Å². The summed E-state index contributed by atoms with van der Waals surface area (Å²) in [5, 5.41) is 9.82. The van der Waals surface area contributed by atoms with E-state index in [1.165, 1.54) is 12.8 Å². The van der Waals surface area contributed by atoms with Gasteiger partial charge < -0.3 is 15.6 Å². The number of nitrogens with two attached hydrogens (primary N) is 1. The number of rotatable bonds is 5. The monoisotopic (exact) mass is 306 g/mol. The third kappa shape index (κ3) is 3.20. The largest absolute Gasteiger partial charge is 0.492 e. The highest BCUT2D eigenvalue weighted by Crippen LogP contribution is 2.35. The standard InChI is InChI=1S/C16H22N2O2S/c17-16(21)14-3-1-2-4-15(14)20-8-7-18-11-5-6-12(18)10-13(19)9-11/h1-4,11-13,19H,5-10H2,(H2,17,21). The third-order valence-corrected chi connectivity index (χ3v) is 4.84. The van der Waals surface area contributed by atoms with Crippen LogP contribution >= 0.6 is 12.2 Å². The molecule has 21 heavy (non-hydrogen) atoms. The van der Waals surface area contributed by atoms with Gasteiger partial charge in [-0.3, -0.25) is 4.90 Å². The number of nitrogens with zero attached hydrogens (tertiary/aromatic N) is 1. The van der Waals surface area contributed by atoms with Gasteiger partial charge in [-0.15, -0.1) is 0 Å². The summed E-state index contributed by atoms with van der Waals surface area (Å²) < 4.78 is 5.88. The molecular formula is C16H22N2O2S. The number of thiocarbonyl (C=S) groups is 1. The highest BCUT2D eigenvalue weighted by Gasteiger charge is 2.39. The highest BCUT2D eigenvalue weighted by atomic mass is 32.1. The van der Waals surface area contributed by atoms with Crippen LogP contribution in [-0.2, 0) is 0 Å². The number of ether oxygens (including phenoxy) is 1. The van der Waals surface area contributed by atoms with Crippen LogP contribution in [0.3, 0.4) is 0 Å². The second-order valence-corrected chi connectivity index (χ2v) is 6.40. The van der Waals surface area contributed by atoms with Gasteiger partial charge in [0.05, 0.1) is 11.7 Å². The topological polar surface area (TPSA) is 58.7 Å². The lowest BCUT2D eigenvalue weighted by Gasteiger charge is -2.37. The molecule has 5 heteroatoms. The molecule has 2 bridgehead atoms. The van der Waals surface area contributed by atoms with Gasteiger partial charge in [-0.1, -0.05) is 24.4 Å². The molecule has 0 aromatic heterocycles. The zero-order valence-electron chi connectivity index (χ0n) is 12.1. The highest BCUT2D eigenvalue weighted by molar-refractivity contribution is 7.80. The van der Waals surface area contributed by atoms with Crippen LogP contribution in [0, 0.1) is 0 Å². The number of aliphatic hydroxyl groups excluding tert-OH is 1. The van der Waals surface area contributed by atoms with Crippen LogP contribution in [0.15, 0.2) is 24.3 Å². The Morgan fingerprint density at radius 2 is 1.95 bits per heavy atom. The Morgan fingerprint density at radius 1 is 1.29 bits per heavy atom. The molecule has 2 aliphatic heterocycles. The number of aliphatic hydroxyl groups is 1. The lowest BCUT2D eigenvalue weighted by Crippen LogP contribution is -2.46. The molecule has 4 nitrogen and oxygen atoms in total. The Hall–Kier alpha value is -1.17. The average molecular weight is 306 g/mol. The molecule has 2 saturated heterocycles. The van der Waals surface area contributed by atoms with Crippen molar-refractivity contribution in [1.29, 1.82) is 0 Å². The second-order valence-electron chi connectivity index (χ2n) is 5.96. The van der Waals surface area contributed by atoms with Crippen molar-refractivity contribution in [3.63, 3.8) is 0 Å². The molecule has 0 saturated carbocycles. The molecule has 3 N–H and O–H groups in total. The summed E-state index contributed by atoms with van der Waals surface area (Å²) in [6.45, 7) is 1.52. The van der Waals surface area contributed by atoms with Crippen molar-refractivity contribution < 1.29 is 9.84 Å². The van der Waals surface area contributed by atoms with E-state index in [-0.39, 0.29) is 6.10 Å². The van der Waals surface area contributed by atoms with Gasteiger partial charge in [0.2, 0.25) is 0 Å². The van der Waals surface area contributed by atoms with Gasteiger partial charge in [-0.05, 0) is 37.8 Å². The predicted molar refractivity (Wildman–Crippen MR) is 86.6 cm³/mol. The van der Waals surface area contributed by atoms with Crippen LogP contribution in [-0.4, -0.2) is 46.3 Å². The summed E-state index contributed by atoms with van der Waals surface area (Å²) in [6, 6.07) is 8.68. The van der Waals surface area contributed by atoms with Gasteiger partial charge in [0.1, 0.15) is 17.3 Å². The Kier molecular flexibility index (Phi) is 4.42. The van der Waals surface area contributed by atoms with E-state index in [1.807, 2.05) is 24.3 Å². The first kappa shape index (κ1) is 14.8. The number of piperidine rings is 1. The maximum Gasteiger partial charge on any atom is 0.129 e. The molecule has 2 aliphatic rings. The van der Waals surface area contributed by atoms with E-state index in [4.69, 9.17) is 22.7 Å². The molecule has 1 aromatic carbocycles. The Morgan fingerprint density at radius 3 is 2.62 bits per heavy atom. The maximum absolute atomic E-state index is 9.82. The Balaban J connectivity index is 1.56. The van der Waals surface area contributed by atoms with Gasteiger partial charge in [-0.2, -0.15) is 0 Å². The zero-order valence-corrected chi connectivity index (χ0v) is 12.9. The summed E-state index contributed by atoms with van der Waals surface area (Å²) >= 11 is 5.05. The van der Waals surface area contributed by atoms with Crippen LogP contribution < -0.4 is 10.5 Å². The third-order valence-electron chi connectivity index (χ3n) is 4.62. The predicted octanol–water partition coefficient (Wildman–Crippen LogP) is 1.69. The minimum absolute atomic E-state index is 0.116. The quantitative estimate of drug-likeness (QED) is 0.811. The molecule has 0 amide bonds.